The summed E-state index contributed by atoms with van der Waals surface area (Å²) < 4.78 is 16.8. The Kier molecular flexibility index (Phi) is 6.41. The second-order valence-electron chi connectivity index (χ2n) is 5.33. The highest BCUT2D eigenvalue weighted by Crippen LogP contribution is 2.21. The second kappa shape index (κ2) is 8.53. The molecule has 0 spiro atoms. The molecule has 0 heterocycles. The van der Waals surface area contributed by atoms with Crippen LogP contribution in [0.1, 0.15) is 16.7 Å². The van der Waals surface area contributed by atoms with Crippen molar-refractivity contribution in [3.05, 3.63) is 65.2 Å². The second-order valence-corrected chi connectivity index (χ2v) is 6.77. The quantitative estimate of drug-likeness (QED) is 0.834. The van der Waals surface area contributed by atoms with Gasteiger partial charge in [-0.1, -0.05) is 42.5 Å². The molecule has 122 valence electrons. The van der Waals surface area contributed by atoms with Gasteiger partial charge in [0.1, 0.15) is 5.75 Å². The fourth-order valence-electron chi connectivity index (χ4n) is 2.41. The molecule has 0 fully saturated rings. The summed E-state index contributed by atoms with van der Waals surface area (Å²) >= 11 is 0. The smallest absolute Gasteiger partial charge is 0.126 e. The van der Waals surface area contributed by atoms with Crippen molar-refractivity contribution < 1.29 is 8.95 Å². The predicted molar refractivity (Wildman–Crippen MR) is 99.5 cm³/mol. The summed E-state index contributed by atoms with van der Waals surface area (Å²) in [6, 6.07) is 14.0. The van der Waals surface area contributed by atoms with Gasteiger partial charge in [0.05, 0.1) is 7.11 Å². The Morgan fingerprint density at radius 1 is 1.17 bits per heavy atom. The van der Waals surface area contributed by atoms with Crippen LogP contribution in [0.3, 0.4) is 0 Å². The minimum absolute atomic E-state index is 0.596. The van der Waals surface area contributed by atoms with Crippen molar-refractivity contribution in [2.75, 3.05) is 25.2 Å². The average molecular weight is 329 g/mol. The van der Waals surface area contributed by atoms with Crippen LogP contribution in [-0.2, 0) is 16.6 Å². The first-order valence-electron chi connectivity index (χ1n) is 7.53. The molecule has 0 aliphatic carbocycles. The zero-order chi connectivity index (χ0) is 16.7. The van der Waals surface area contributed by atoms with Crippen LogP contribution < -0.4 is 10.1 Å². The Hall–Kier alpha value is -2.07. The number of nitrogens with one attached hydrogen (secondary N) is 1. The van der Waals surface area contributed by atoms with E-state index < -0.39 is 10.8 Å². The maximum Gasteiger partial charge on any atom is 0.126 e. The molecule has 0 aromatic heterocycles. The molecule has 23 heavy (non-hydrogen) atoms. The highest BCUT2D eigenvalue weighted by molar-refractivity contribution is 7.83. The molecule has 0 amide bonds. The van der Waals surface area contributed by atoms with Gasteiger partial charge in [-0.15, -0.1) is 0 Å². The molecule has 1 unspecified atom stereocenters. The Morgan fingerprint density at radius 3 is 2.70 bits per heavy atom. The first kappa shape index (κ1) is 17.3. The van der Waals surface area contributed by atoms with E-state index in [0.29, 0.717) is 5.75 Å². The topological polar surface area (TPSA) is 38.3 Å². The molecule has 3 nitrogen and oxygen atoms in total. The summed E-state index contributed by atoms with van der Waals surface area (Å²) in [5.74, 6) is 1.46. The number of rotatable bonds is 7. The van der Waals surface area contributed by atoms with Crippen LogP contribution in [0, 0.1) is 6.92 Å². The van der Waals surface area contributed by atoms with Crippen LogP contribution in [0.25, 0.3) is 6.08 Å². The van der Waals surface area contributed by atoms with Crippen molar-refractivity contribution >= 4 is 22.6 Å². The Morgan fingerprint density at radius 2 is 1.96 bits per heavy atom. The third-order valence-electron chi connectivity index (χ3n) is 3.65. The fourth-order valence-corrected chi connectivity index (χ4v) is 3.16. The van der Waals surface area contributed by atoms with Crippen LogP contribution >= 0.6 is 0 Å². The summed E-state index contributed by atoms with van der Waals surface area (Å²) in [5.41, 5.74) is 4.43. The third-order valence-corrected chi connectivity index (χ3v) is 4.37. The molecule has 4 heteroatoms. The lowest BCUT2D eigenvalue weighted by Crippen LogP contribution is -2.03. The molecule has 1 N–H and O–H groups in total. The minimum Gasteiger partial charge on any atom is -0.496 e. The van der Waals surface area contributed by atoms with E-state index in [1.807, 2.05) is 48.5 Å². The average Bonchev–Trinajstić information content (AvgIpc) is 2.54. The fraction of sp³-hybridized carbons (Fsp3) is 0.263. The van der Waals surface area contributed by atoms with Crippen LogP contribution in [0.5, 0.6) is 5.75 Å². The van der Waals surface area contributed by atoms with E-state index >= 15 is 0 Å². The molecule has 0 aliphatic heterocycles. The van der Waals surface area contributed by atoms with Crippen molar-refractivity contribution in [3.8, 4) is 5.75 Å². The minimum atomic E-state index is -0.827. The lowest BCUT2D eigenvalue weighted by atomic mass is 10.1. The summed E-state index contributed by atoms with van der Waals surface area (Å²) in [4.78, 5) is 0. The van der Waals surface area contributed by atoms with Crippen LogP contribution in [0.15, 0.2) is 48.5 Å². The Balaban J connectivity index is 2.01. The van der Waals surface area contributed by atoms with E-state index in [-0.39, 0.29) is 0 Å². The third kappa shape index (κ3) is 4.96. The van der Waals surface area contributed by atoms with Gasteiger partial charge >= 0.3 is 0 Å². The highest BCUT2D eigenvalue weighted by Gasteiger charge is 2.04. The SMILES string of the molecule is COc1ccccc1/C=C/CNc1cccc(CS(C)=O)c1C. The first-order valence-corrected chi connectivity index (χ1v) is 9.26. The Bertz CT molecular complexity index is 710. The molecule has 2 rings (SSSR count). The van der Waals surface area contributed by atoms with E-state index in [1.54, 1.807) is 13.4 Å². The maximum absolute atomic E-state index is 11.4. The molecular formula is C19H23NO2S. The van der Waals surface area contributed by atoms with Gasteiger partial charge in [0.15, 0.2) is 0 Å². The molecule has 0 saturated heterocycles. The maximum atomic E-state index is 11.4. The standard InChI is InChI=1S/C19H23NO2S/c1-15-17(14-23(3)21)9-6-11-18(15)20-13-7-10-16-8-4-5-12-19(16)22-2/h4-12,20H,13-14H2,1-3H3/b10-7+. The number of hydrogen-bond acceptors (Lipinski definition) is 3. The molecule has 0 bridgehead atoms. The van der Waals surface area contributed by atoms with Crippen LogP contribution in [-0.4, -0.2) is 24.1 Å². The summed E-state index contributed by atoms with van der Waals surface area (Å²) in [6.07, 6.45) is 5.85. The summed E-state index contributed by atoms with van der Waals surface area (Å²) in [5, 5.41) is 3.41. The van der Waals surface area contributed by atoms with Gasteiger partial charge in [-0.3, -0.25) is 4.21 Å². The number of para-hydroxylation sites is 1. The lowest BCUT2D eigenvalue weighted by molar-refractivity contribution is 0.414. The molecule has 0 aliphatic rings. The lowest BCUT2D eigenvalue weighted by Gasteiger charge is -2.11. The number of anilines is 1. The van der Waals surface area contributed by atoms with Gasteiger partial charge in [0, 0.05) is 40.6 Å². The van der Waals surface area contributed by atoms with E-state index in [9.17, 15) is 4.21 Å². The number of hydrogen-bond donors (Lipinski definition) is 1. The summed E-state index contributed by atoms with van der Waals surface area (Å²) in [7, 11) is 0.851. The van der Waals surface area contributed by atoms with E-state index in [1.165, 1.54) is 0 Å². The van der Waals surface area contributed by atoms with Crippen LogP contribution in [0.4, 0.5) is 5.69 Å². The molecule has 0 saturated carbocycles. The van der Waals surface area contributed by atoms with Crippen molar-refractivity contribution in [3.63, 3.8) is 0 Å². The number of methoxy groups -OCH3 is 1. The zero-order valence-corrected chi connectivity index (χ0v) is 14.7. The van der Waals surface area contributed by atoms with Crippen molar-refractivity contribution in [2.24, 2.45) is 0 Å². The monoisotopic (exact) mass is 329 g/mol. The van der Waals surface area contributed by atoms with Crippen molar-refractivity contribution in [1.29, 1.82) is 0 Å². The Labute approximate surface area is 140 Å². The van der Waals surface area contributed by atoms with Crippen LogP contribution in [0.2, 0.25) is 0 Å². The molecule has 0 radical (unpaired) electrons. The predicted octanol–water partition coefficient (Wildman–Crippen LogP) is 4.01. The largest absolute Gasteiger partial charge is 0.496 e. The van der Waals surface area contributed by atoms with Gasteiger partial charge in [-0.25, -0.2) is 0 Å². The van der Waals surface area contributed by atoms with Gasteiger partial charge < -0.3 is 10.1 Å². The van der Waals surface area contributed by atoms with E-state index in [0.717, 1.165) is 34.7 Å². The zero-order valence-electron chi connectivity index (χ0n) is 13.8. The van der Waals surface area contributed by atoms with Gasteiger partial charge in [-0.2, -0.15) is 0 Å². The molecular weight excluding hydrogens is 306 g/mol. The number of ether oxygens (including phenoxy) is 1. The molecule has 2 aromatic carbocycles. The van der Waals surface area contributed by atoms with Crippen molar-refractivity contribution in [2.45, 2.75) is 12.7 Å². The van der Waals surface area contributed by atoms with Gasteiger partial charge in [0.2, 0.25) is 0 Å². The van der Waals surface area contributed by atoms with Crippen molar-refractivity contribution in [1.82, 2.24) is 0 Å². The highest BCUT2D eigenvalue weighted by atomic mass is 32.2. The normalized spacial score (nSPS) is 12.3. The van der Waals surface area contributed by atoms with Gasteiger partial charge in [-0.05, 0) is 30.2 Å². The molecule has 1 atom stereocenters. The number of benzene rings is 2. The molecule has 2 aromatic rings. The first-order chi connectivity index (χ1) is 11.1. The van der Waals surface area contributed by atoms with E-state index in [4.69, 9.17) is 4.74 Å². The van der Waals surface area contributed by atoms with E-state index in [2.05, 4.69) is 18.3 Å². The van der Waals surface area contributed by atoms with Gasteiger partial charge in [0.25, 0.3) is 0 Å². The summed E-state index contributed by atoms with van der Waals surface area (Å²) in [6.45, 7) is 2.78.